The van der Waals surface area contributed by atoms with Gasteiger partial charge >= 0.3 is 0 Å². The van der Waals surface area contributed by atoms with Crippen LogP contribution in [0, 0.1) is 5.82 Å². The third-order valence-corrected chi connectivity index (χ3v) is 5.63. The fourth-order valence-electron chi connectivity index (χ4n) is 3.11. The molecule has 0 saturated heterocycles. The number of hydrogen-bond donors (Lipinski definition) is 1. The molecule has 0 radical (unpaired) electrons. The maximum absolute atomic E-state index is 14.0. The van der Waals surface area contributed by atoms with E-state index >= 15 is 0 Å². The Morgan fingerprint density at radius 2 is 1.82 bits per heavy atom. The second-order valence-corrected chi connectivity index (χ2v) is 8.37. The van der Waals surface area contributed by atoms with Crippen LogP contribution < -0.4 is 10.1 Å². The molecule has 1 amide bonds. The van der Waals surface area contributed by atoms with Crippen LogP contribution in [0.25, 0.3) is 0 Å². The molecule has 0 aliphatic rings. The molecular formula is C24H17Cl3FN3O2. The van der Waals surface area contributed by atoms with E-state index in [0.29, 0.717) is 37.8 Å². The summed E-state index contributed by atoms with van der Waals surface area (Å²) >= 11 is 18.1. The highest BCUT2D eigenvalue weighted by Crippen LogP contribution is 2.28. The summed E-state index contributed by atoms with van der Waals surface area (Å²) in [7, 11) is 0. The van der Waals surface area contributed by atoms with Gasteiger partial charge in [0, 0.05) is 33.4 Å². The zero-order valence-electron chi connectivity index (χ0n) is 17.1. The highest BCUT2D eigenvalue weighted by Gasteiger charge is 2.12. The lowest BCUT2D eigenvalue weighted by Gasteiger charge is -2.09. The molecule has 0 spiro atoms. The normalized spacial score (nSPS) is 10.8. The summed E-state index contributed by atoms with van der Waals surface area (Å²) < 4.78 is 21.2. The van der Waals surface area contributed by atoms with E-state index in [1.165, 1.54) is 10.7 Å². The fourth-order valence-corrected chi connectivity index (χ4v) is 3.79. The maximum Gasteiger partial charge on any atom is 0.256 e. The molecule has 9 heteroatoms. The first kappa shape index (κ1) is 23.1. The van der Waals surface area contributed by atoms with Gasteiger partial charge in [-0.3, -0.25) is 9.48 Å². The van der Waals surface area contributed by atoms with Crippen molar-refractivity contribution in [3.05, 3.63) is 111 Å². The quantitative estimate of drug-likeness (QED) is 0.299. The molecule has 0 saturated carbocycles. The molecule has 168 valence electrons. The summed E-state index contributed by atoms with van der Waals surface area (Å²) in [6, 6.07) is 18.1. The van der Waals surface area contributed by atoms with Crippen molar-refractivity contribution in [1.29, 1.82) is 0 Å². The fraction of sp³-hybridized carbons (Fsp3) is 0.0833. The van der Waals surface area contributed by atoms with Gasteiger partial charge in [-0.25, -0.2) is 4.39 Å². The van der Waals surface area contributed by atoms with Crippen LogP contribution in [0.2, 0.25) is 15.1 Å². The van der Waals surface area contributed by atoms with E-state index in [-0.39, 0.29) is 19.1 Å². The average molecular weight is 505 g/mol. The SMILES string of the molecule is O=C(Nc1ccn(Cc2c(F)cccc2Cl)n1)c1cccc(COc2ccc(Cl)cc2Cl)c1. The second-order valence-electron chi connectivity index (χ2n) is 7.12. The van der Waals surface area contributed by atoms with Gasteiger partial charge in [0.05, 0.1) is 11.6 Å². The third kappa shape index (κ3) is 5.85. The van der Waals surface area contributed by atoms with Crippen molar-refractivity contribution < 1.29 is 13.9 Å². The number of nitrogens with zero attached hydrogens (tertiary/aromatic N) is 2. The minimum atomic E-state index is -0.414. The number of hydrogen-bond acceptors (Lipinski definition) is 3. The number of halogens is 4. The van der Waals surface area contributed by atoms with Crippen molar-refractivity contribution in [2.75, 3.05) is 5.32 Å². The number of nitrogens with one attached hydrogen (secondary N) is 1. The van der Waals surface area contributed by atoms with E-state index in [0.717, 1.165) is 5.56 Å². The Hall–Kier alpha value is -3.06. The van der Waals surface area contributed by atoms with Crippen LogP contribution in [0.3, 0.4) is 0 Å². The van der Waals surface area contributed by atoms with E-state index in [1.54, 1.807) is 60.8 Å². The first-order chi connectivity index (χ1) is 15.9. The van der Waals surface area contributed by atoms with Gasteiger partial charge in [0.25, 0.3) is 5.91 Å². The lowest BCUT2D eigenvalue weighted by molar-refractivity contribution is 0.102. The Morgan fingerprint density at radius 1 is 1.00 bits per heavy atom. The zero-order chi connectivity index (χ0) is 23.4. The molecule has 4 rings (SSSR count). The lowest BCUT2D eigenvalue weighted by Crippen LogP contribution is -2.13. The minimum Gasteiger partial charge on any atom is -0.487 e. The van der Waals surface area contributed by atoms with Gasteiger partial charge in [-0.2, -0.15) is 5.10 Å². The Labute approximate surface area is 204 Å². The van der Waals surface area contributed by atoms with Crippen molar-refractivity contribution in [3.8, 4) is 5.75 Å². The molecule has 0 aliphatic heterocycles. The molecule has 33 heavy (non-hydrogen) atoms. The van der Waals surface area contributed by atoms with Gasteiger partial charge in [-0.15, -0.1) is 0 Å². The molecule has 1 heterocycles. The topological polar surface area (TPSA) is 56.2 Å². The molecule has 0 atom stereocenters. The summed E-state index contributed by atoms with van der Waals surface area (Å²) in [6.45, 7) is 0.363. The van der Waals surface area contributed by atoms with E-state index in [4.69, 9.17) is 39.5 Å². The van der Waals surface area contributed by atoms with Crippen LogP contribution in [-0.4, -0.2) is 15.7 Å². The van der Waals surface area contributed by atoms with E-state index < -0.39 is 5.82 Å². The standard InChI is InChI=1S/C24H17Cl3FN3O2/c25-17-7-8-22(20(27)12-17)33-14-15-3-1-4-16(11-15)24(32)29-23-9-10-31(30-23)13-18-19(26)5-2-6-21(18)28/h1-12H,13-14H2,(H,29,30,32). The van der Waals surface area contributed by atoms with Crippen LogP contribution in [0.15, 0.2) is 72.9 Å². The summed E-state index contributed by atoms with van der Waals surface area (Å²) in [5.74, 6) is 0.0801. The number of rotatable bonds is 7. The number of amides is 1. The smallest absolute Gasteiger partial charge is 0.256 e. The van der Waals surface area contributed by atoms with Crippen LogP contribution in [0.4, 0.5) is 10.2 Å². The highest BCUT2D eigenvalue weighted by molar-refractivity contribution is 6.35. The second kappa shape index (κ2) is 10.3. The molecule has 5 nitrogen and oxygen atoms in total. The number of anilines is 1. The van der Waals surface area contributed by atoms with Gasteiger partial charge in [0.15, 0.2) is 5.82 Å². The van der Waals surface area contributed by atoms with Crippen molar-refractivity contribution in [3.63, 3.8) is 0 Å². The average Bonchev–Trinajstić information content (AvgIpc) is 3.23. The van der Waals surface area contributed by atoms with E-state index in [9.17, 15) is 9.18 Å². The van der Waals surface area contributed by atoms with Gasteiger partial charge in [-0.05, 0) is 48.0 Å². The lowest BCUT2D eigenvalue weighted by atomic mass is 10.1. The van der Waals surface area contributed by atoms with E-state index in [1.807, 2.05) is 6.07 Å². The monoisotopic (exact) mass is 503 g/mol. The molecule has 4 aromatic rings. The molecular weight excluding hydrogens is 488 g/mol. The number of aromatic nitrogens is 2. The number of carbonyl (C=O) groups excluding carboxylic acids is 1. The summed E-state index contributed by atoms with van der Waals surface area (Å²) in [5.41, 5.74) is 1.55. The summed E-state index contributed by atoms with van der Waals surface area (Å²) in [4.78, 5) is 12.7. The summed E-state index contributed by atoms with van der Waals surface area (Å²) in [6.07, 6.45) is 1.64. The van der Waals surface area contributed by atoms with Crippen LogP contribution in [0.5, 0.6) is 5.75 Å². The molecule has 0 bridgehead atoms. The van der Waals surface area contributed by atoms with Crippen molar-refractivity contribution in [1.82, 2.24) is 9.78 Å². The third-order valence-electron chi connectivity index (χ3n) is 4.74. The molecule has 1 aromatic heterocycles. The summed E-state index contributed by atoms with van der Waals surface area (Å²) in [5, 5.41) is 8.25. The Bertz CT molecular complexity index is 1290. The predicted molar refractivity (Wildman–Crippen MR) is 128 cm³/mol. The van der Waals surface area contributed by atoms with Crippen molar-refractivity contribution in [2.24, 2.45) is 0 Å². The maximum atomic E-state index is 14.0. The Kier molecular flexibility index (Phi) is 7.18. The molecule has 3 aromatic carbocycles. The first-order valence-electron chi connectivity index (χ1n) is 9.83. The van der Waals surface area contributed by atoms with Gasteiger partial charge in [0.1, 0.15) is 18.2 Å². The van der Waals surface area contributed by atoms with Crippen LogP contribution >= 0.6 is 34.8 Å². The van der Waals surface area contributed by atoms with E-state index in [2.05, 4.69) is 10.4 Å². The highest BCUT2D eigenvalue weighted by atomic mass is 35.5. The molecule has 0 aliphatic carbocycles. The van der Waals surface area contributed by atoms with Crippen LogP contribution in [-0.2, 0) is 13.2 Å². The molecule has 1 N–H and O–H groups in total. The van der Waals surface area contributed by atoms with Gasteiger partial charge < -0.3 is 10.1 Å². The Balaban J connectivity index is 1.40. The molecule has 0 unspecified atom stereocenters. The van der Waals surface area contributed by atoms with Gasteiger partial charge in [0.2, 0.25) is 0 Å². The predicted octanol–water partition coefficient (Wildman–Crippen LogP) is 6.86. The number of benzene rings is 3. The number of carbonyl (C=O) groups is 1. The van der Waals surface area contributed by atoms with Crippen molar-refractivity contribution >= 4 is 46.5 Å². The Morgan fingerprint density at radius 3 is 2.61 bits per heavy atom. The van der Waals surface area contributed by atoms with Crippen LogP contribution in [0.1, 0.15) is 21.5 Å². The molecule has 0 fully saturated rings. The first-order valence-corrected chi connectivity index (χ1v) is 11.0. The minimum absolute atomic E-state index is 0.140. The van der Waals surface area contributed by atoms with Gasteiger partial charge in [-0.1, -0.05) is 53.0 Å². The number of ether oxygens (including phenoxy) is 1. The van der Waals surface area contributed by atoms with Crippen molar-refractivity contribution in [2.45, 2.75) is 13.2 Å². The largest absolute Gasteiger partial charge is 0.487 e. The zero-order valence-corrected chi connectivity index (χ0v) is 19.3.